The number of methoxy groups -OCH3 is 1. The van der Waals surface area contributed by atoms with E-state index in [-0.39, 0.29) is 65.0 Å². The number of hydrogen-bond donors (Lipinski definition) is 6. The third kappa shape index (κ3) is 12.0. The Bertz CT molecular complexity index is 2900. The highest BCUT2D eigenvalue weighted by Gasteiger charge is 2.50. The zero-order valence-electron chi connectivity index (χ0n) is 38.9. The first-order valence-corrected chi connectivity index (χ1v) is 26.9. The van der Waals surface area contributed by atoms with Gasteiger partial charge in [-0.1, -0.05) is 26.0 Å². The summed E-state index contributed by atoms with van der Waals surface area (Å²) in [4.78, 5) is 85.5. The molecule has 3 fully saturated rings. The van der Waals surface area contributed by atoms with E-state index in [1.165, 1.54) is 42.1 Å². The smallest absolute Gasteiger partial charge is 0.472 e. The fraction of sp³-hybridized carbons (Fsp3) is 0.512. The van der Waals surface area contributed by atoms with Crippen molar-refractivity contribution >= 4 is 83.5 Å². The van der Waals surface area contributed by atoms with E-state index in [0.717, 1.165) is 17.7 Å². The van der Waals surface area contributed by atoms with E-state index in [1.807, 2.05) is 0 Å². The molecular formula is C41H51FN12O15P2S. The summed E-state index contributed by atoms with van der Waals surface area (Å²) >= 11 is 0.767. The number of ether oxygens (including phenoxy) is 3. The highest BCUT2D eigenvalue weighted by Crippen LogP contribution is 2.64. The number of anilines is 2. The van der Waals surface area contributed by atoms with Gasteiger partial charge in [-0.15, -0.1) is 0 Å². The molecule has 0 radical (unpaired) electrons. The minimum absolute atomic E-state index is 0.0130. The van der Waals surface area contributed by atoms with Crippen molar-refractivity contribution in [3.05, 3.63) is 55.1 Å². The number of alkyl halides is 1. The summed E-state index contributed by atoms with van der Waals surface area (Å²) in [6, 6.07) is 4.40. The summed E-state index contributed by atoms with van der Waals surface area (Å²) in [7, 11) is -3.73. The predicted molar refractivity (Wildman–Crippen MR) is 250 cm³/mol. The molecule has 0 aliphatic carbocycles. The van der Waals surface area contributed by atoms with Crippen LogP contribution in [0.15, 0.2) is 49.6 Å². The number of imidazole rings is 2. The van der Waals surface area contributed by atoms with Gasteiger partial charge < -0.3 is 45.9 Å². The van der Waals surface area contributed by atoms with Gasteiger partial charge in [-0.3, -0.25) is 46.4 Å². The molecule has 3 aliphatic rings. The fourth-order valence-electron chi connectivity index (χ4n) is 7.96. The number of phosphoric ester groups is 1. The number of amides is 3. The molecule has 8 rings (SSSR count). The van der Waals surface area contributed by atoms with Crippen LogP contribution in [-0.2, 0) is 66.4 Å². The second-order valence-corrected chi connectivity index (χ2v) is 22.6. The van der Waals surface area contributed by atoms with Crippen LogP contribution in [0.4, 0.5) is 15.9 Å². The van der Waals surface area contributed by atoms with Gasteiger partial charge >= 0.3 is 20.6 Å². The highest BCUT2D eigenvalue weighted by molar-refractivity contribution is 8.54. The number of carbonyl (C=O) groups is 4. The number of hydrogen-bond acceptors (Lipinski definition) is 22. The minimum Gasteiger partial charge on any atom is -0.492 e. The van der Waals surface area contributed by atoms with Crippen LogP contribution in [0.3, 0.4) is 0 Å². The Kier molecular flexibility index (Phi) is 16.2. The van der Waals surface area contributed by atoms with E-state index in [9.17, 15) is 33.7 Å². The van der Waals surface area contributed by atoms with Crippen LogP contribution in [0.5, 0.6) is 5.88 Å². The standard InChI is InChI=1S/C41H51FN12O15P2S/c1-20(2)32(52-28(55)9-10-30(56)63-4)40(59)50-21(3)38(57)51-23-7-5-22(6-8-23)15-72-71(62)66-13-26-24(31(42)41(68-26)54-19-48-33-35(43)44-16-45-36(33)54)12-64-70(60,61)65-14-27-25(69-71)11-29(67-27)53-18-49-34-37(53)46-17-47-39(34)58/h5-8,16-21,24-27,29,31-32,41H,9-15H2,1-4H3,(H,50,59)(H,51,57)(H,52,55)(H,60,61)(H2,43,44,45)(H,46,47,58)/t21-,24+,25-,26+,27+,29+,31+,32-,41+,71?/m0/s1. The van der Waals surface area contributed by atoms with Crippen molar-refractivity contribution in [1.82, 2.24) is 49.7 Å². The molecule has 0 bridgehead atoms. The molecule has 11 atom stereocenters. The van der Waals surface area contributed by atoms with Crippen molar-refractivity contribution in [1.29, 1.82) is 0 Å². The van der Waals surface area contributed by atoms with Crippen LogP contribution >= 0.6 is 26.0 Å². The molecule has 7 heterocycles. The van der Waals surface area contributed by atoms with Crippen molar-refractivity contribution in [2.24, 2.45) is 11.8 Å². The Labute approximate surface area is 412 Å². The molecule has 1 aromatic carbocycles. The van der Waals surface area contributed by atoms with E-state index >= 15 is 8.96 Å². The number of esters is 1. The lowest BCUT2D eigenvalue weighted by molar-refractivity contribution is -0.142. The van der Waals surface area contributed by atoms with E-state index in [2.05, 4.69) is 50.6 Å². The monoisotopic (exact) mass is 1060 g/mol. The Morgan fingerprint density at radius 1 is 0.861 bits per heavy atom. The van der Waals surface area contributed by atoms with E-state index in [1.54, 1.807) is 38.1 Å². The number of fused-ring (bicyclic) bond motifs is 4. The number of aromatic hydroxyl groups is 1. The van der Waals surface area contributed by atoms with Gasteiger partial charge in [0, 0.05) is 30.2 Å². The van der Waals surface area contributed by atoms with Gasteiger partial charge in [-0.25, -0.2) is 38.4 Å². The van der Waals surface area contributed by atoms with Gasteiger partial charge in [-0.05, 0) is 41.9 Å². The number of nitrogen functional groups attached to an aromatic ring is 1. The molecule has 3 amide bonds. The summed E-state index contributed by atoms with van der Waals surface area (Å²) < 4.78 is 87.9. The highest BCUT2D eigenvalue weighted by atomic mass is 32.7. The van der Waals surface area contributed by atoms with Gasteiger partial charge in [0.15, 0.2) is 35.0 Å². The average molecular weight is 1060 g/mol. The van der Waals surface area contributed by atoms with Crippen molar-refractivity contribution in [2.45, 2.75) is 94.8 Å². The first kappa shape index (κ1) is 52.6. The molecule has 3 aliphatic heterocycles. The fourth-order valence-corrected chi connectivity index (χ4v) is 12.2. The SMILES string of the molecule is COC(=O)CCC(=O)N[C@H](C(=O)N[C@@H](C)C(=O)Nc1ccc(CSP2(=O)OC[C@H]3O[C@@H](n4cnc5c(N)ncnc54)[C@H](F)[C@@H]3COP(=O)(O)OC[C@H]3O[C@@H](n4cnc5c(O)ncnc54)C[C@@H]3O2)cc1)C(C)C. The molecule has 3 saturated heterocycles. The summed E-state index contributed by atoms with van der Waals surface area (Å²) in [6.45, 7) is -1.42. The third-order valence-electron chi connectivity index (χ3n) is 11.9. The number of nitrogens with two attached hydrogens (primary N) is 1. The molecule has 27 nitrogen and oxygen atoms in total. The van der Waals surface area contributed by atoms with Crippen LogP contribution in [-0.4, -0.2) is 136 Å². The molecule has 31 heteroatoms. The van der Waals surface area contributed by atoms with Crippen molar-refractivity contribution in [3.8, 4) is 5.88 Å². The Balaban J connectivity index is 0.983. The lowest BCUT2D eigenvalue weighted by Gasteiger charge is -2.25. The number of benzene rings is 1. The molecule has 72 heavy (non-hydrogen) atoms. The minimum atomic E-state index is -4.93. The number of carbonyl (C=O) groups excluding carboxylic acids is 4. The van der Waals surface area contributed by atoms with Crippen LogP contribution in [0.2, 0.25) is 0 Å². The number of halogens is 1. The maximum atomic E-state index is 16.6. The number of nitrogens with zero attached hydrogens (tertiary/aromatic N) is 8. The number of phosphoric acid groups is 1. The van der Waals surface area contributed by atoms with Crippen LogP contribution < -0.4 is 21.7 Å². The summed E-state index contributed by atoms with van der Waals surface area (Å²) in [5, 5.41) is 18.2. The largest absolute Gasteiger partial charge is 0.492 e. The first-order valence-electron chi connectivity index (χ1n) is 22.3. The van der Waals surface area contributed by atoms with Crippen LogP contribution in [0, 0.1) is 11.8 Å². The average Bonchev–Trinajstić information content (AvgIpc) is 4.15. The Morgan fingerprint density at radius 2 is 1.54 bits per heavy atom. The van der Waals surface area contributed by atoms with E-state index in [4.69, 9.17) is 33.3 Å². The van der Waals surface area contributed by atoms with Crippen molar-refractivity contribution < 1.29 is 75.0 Å². The second-order valence-electron chi connectivity index (χ2n) is 17.1. The normalized spacial score (nSPS) is 27.7. The lowest BCUT2D eigenvalue weighted by Crippen LogP contribution is -2.53. The Hall–Kier alpha value is -5.74. The van der Waals surface area contributed by atoms with Gasteiger partial charge in [-0.2, -0.15) is 4.98 Å². The predicted octanol–water partition coefficient (Wildman–Crippen LogP) is 3.22. The van der Waals surface area contributed by atoms with E-state index < -0.39 is 113 Å². The van der Waals surface area contributed by atoms with E-state index in [0.29, 0.717) is 11.3 Å². The Morgan fingerprint density at radius 3 is 2.28 bits per heavy atom. The quantitative estimate of drug-likeness (QED) is 0.0686. The third-order valence-corrected chi connectivity index (χ3v) is 16.5. The van der Waals surface area contributed by atoms with Gasteiger partial charge in [0.1, 0.15) is 48.7 Å². The molecular weight excluding hydrogens is 1010 g/mol. The molecule has 4 aromatic heterocycles. The number of aromatic nitrogens is 8. The lowest BCUT2D eigenvalue weighted by atomic mass is 10.0. The number of rotatable bonds is 14. The molecule has 388 valence electrons. The van der Waals surface area contributed by atoms with Gasteiger partial charge in [0.25, 0.3) is 0 Å². The molecule has 0 saturated carbocycles. The van der Waals surface area contributed by atoms with Crippen LogP contribution in [0.25, 0.3) is 22.3 Å². The van der Waals surface area contributed by atoms with Gasteiger partial charge in [0.2, 0.25) is 23.6 Å². The van der Waals surface area contributed by atoms with Crippen molar-refractivity contribution in [3.63, 3.8) is 0 Å². The maximum absolute atomic E-state index is 16.6. The summed E-state index contributed by atoms with van der Waals surface area (Å²) in [5.41, 5.74) is 7.45. The summed E-state index contributed by atoms with van der Waals surface area (Å²) in [6.07, 6.45) is -3.48. The number of nitrogens with one attached hydrogen (secondary N) is 3. The molecule has 5 aromatic rings. The van der Waals surface area contributed by atoms with Crippen LogP contribution in [0.1, 0.15) is 58.1 Å². The molecule has 7 N–H and O–H groups in total. The zero-order chi connectivity index (χ0) is 51.5. The van der Waals surface area contributed by atoms with Gasteiger partial charge in [0.05, 0.1) is 52.1 Å². The van der Waals surface area contributed by atoms with Crippen molar-refractivity contribution in [2.75, 3.05) is 38.0 Å². The zero-order valence-corrected chi connectivity index (χ0v) is 41.5. The molecule has 2 unspecified atom stereocenters. The first-order chi connectivity index (χ1) is 34.3. The second kappa shape index (κ2) is 22.2. The molecule has 0 spiro atoms. The maximum Gasteiger partial charge on any atom is 0.472 e. The topological polar surface area (TPSA) is 357 Å². The summed E-state index contributed by atoms with van der Waals surface area (Å²) in [5.74, 6) is -4.32.